The fraction of sp³-hybridized carbons (Fsp3) is 0.0357. The summed E-state index contributed by atoms with van der Waals surface area (Å²) in [5.41, 5.74) is 23.6. The predicted molar refractivity (Wildman–Crippen MR) is 242 cm³/mol. The Bertz CT molecular complexity index is 3260. The van der Waals surface area contributed by atoms with Crippen molar-refractivity contribution in [1.82, 2.24) is 9.13 Å². The highest BCUT2D eigenvalue weighted by atomic mass is 15.0. The minimum atomic E-state index is 0.898. The van der Waals surface area contributed by atoms with Crippen LogP contribution in [0.15, 0.2) is 194 Å². The highest BCUT2D eigenvalue weighted by Crippen LogP contribution is 2.49. The first kappa shape index (κ1) is 31.7. The molecule has 0 aliphatic heterocycles. The van der Waals surface area contributed by atoms with Crippen molar-refractivity contribution >= 4 is 43.6 Å². The van der Waals surface area contributed by atoms with Crippen molar-refractivity contribution in [3.8, 4) is 55.9 Å². The summed E-state index contributed by atoms with van der Waals surface area (Å²) in [7, 11) is 0. The standard InChI is InChI=1S/C56H36N2/c1-3-15-35(16-4-1)37-21-11-23-39-41-25-13-29-51(47(41)33-45(37)39)57-49-27-9-7-19-43(49)55-53(57)31-32-54-56(55)44-20-8-10-28-50(44)58(54)52-30-14-26-42-40-24-12-22-38(46(40)34-48(42)52)36-17-5-2-6-18-36/h1-32H,33-34H2. The first-order chi connectivity index (χ1) is 28.8. The van der Waals surface area contributed by atoms with Crippen LogP contribution in [0.3, 0.4) is 0 Å². The van der Waals surface area contributed by atoms with E-state index in [0.29, 0.717) is 0 Å². The molecule has 270 valence electrons. The summed E-state index contributed by atoms with van der Waals surface area (Å²) in [4.78, 5) is 0. The zero-order chi connectivity index (χ0) is 37.9. The molecule has 2 aromatic heterocycles. The van der Waals surface area contributed by atoms with E-state index in [1.165, 1.54) is 122 Å². The lowest BCUT2D eigenvalue weighted by Gasteiger charge is -2.14. The topological polar surface area (TPSA) is 9.86 Å². The van der Waals surface area contributed by atoms with Gasteiger partial charge in [-0.2, -0.15) is 0 Å². The van der Waals surface area contributed by atoms with Gasteiger partial charge in [0.2, 0.25) is 0 Å². The third kappa shape index (κ3) is 4.32. The maximum atomic E-state index is 2.55. The predicted octanol–water partition coefficient (Wildman–Crippen LogP) is 14.4. The Morgan fingerprint density at radius 3 is 1.07 bits per heavy atom. The van der Waals surface area contributed by atoms with Gasteiger partial charge in [0, 0.05) is 34.4 Å². The minimum Gasteiger partial charge on any atom is -0.309 e. The fourth-order valence-electron chi connectivity index (χ4n) is 10.7. The van der Waals surface area contributed by atoms with Gasteiger partial charge in [-0.25, -0.2) is 0 Å². The molecule has 2 nitrogen and oxygen atoms in total. The maximum absolute atomic E-state index is 2.55. The van der Waals surface area contributed by atoms with Crippen LogP contribution in [-0.4, -0.2) is 9.13 Å². The van der Waals surface area contributed by atoms with E-state index in [1.54, 1.807) is 0 Å². The second kappa shape index (κ2) is 12.0. The third-order valence-electron chi connectivity index (χ3n) is 13.1. The molecule has 2 aliphatic rings. The molecule has 9 aromatic carbocycles. The van der Waals surface area contributed by atoms with Crippen molar-refractivity contribution in [3.05, 3.63) is 216 Å². The number of aromatic nitrogens is 2. The maximum Gasteiger partial charge on any atom is 0.0549 e. The number of fused-ring (bicyclic) bond motifs is 13. The Labute approximate surface area is 336 Å². The molecule has 11 aromatic rings. The van der Waals surface area contributed by atoms with E-state index >= 15 is 0 Å². The summed E-state index contributed by atoms with van der Waals surface area (Å²) in [5.74, 6) is 0. The van der Waals surface area contributed by atoms with Gasteiger partial charge in [0.15, 0.2) is 0 Å². The molecule has 0 saturated carbocycles. The van der Waals surface area contributed by atoms with Crippen molar-refractivity contribution in [2.45, 2.75) is 12.8 Å². The second-order valence-corrected chi connectivity index (χ2v) is 15.9. The molecular weight excluding hydrogens is 701 g/mol. The van der Waals surface area contributed by atoms with Gasteiger partial charge in [0.05, 0.1) is 33.4 Å². The Hall–Kier alpha value is -7.42. The van der Waals surface area contributed by atoms with Gasteiger partial charge in [-0.15, -0.1) is 0 Å². The lowest BCUT2D eigenvalue weighted by Crippen LogP contribution is -2.00. The van der Waals surface area contributed by atoms with Crippen LogP contribution in [0.1, 0.15) is 22.3 Å². The quantitative estimate of drug-likeness (QED) is 0.170. The fourth-order valence-corrected chi connectivity index (χ4v) is 10.7. The monoisotopic (exact) mass is 736 g/mol. The van der Waals surface area contributed by atoms with E-state index in [-0.39, 0.29) is 0 Å². The smallest absolute Gasteiger partial charge is 0.0549 e. The second-order valence-electron chi connectivity index (χ2n) is 15.9. The molecule has 0 atom stereocenters. The van der Waals surface area contributed by atoms with Gasteiger partial charge >= 0.3 is 0 Å². The summed E-state index contributed by atoms with van der Waals surface area (Å²) in [6.07, 6.45) is 1.80. The number of para-hydroxylation sites is 2. The Balaban J connectivity index is 1.04. The normalized spacial score (nSPS) is 12.7. The van der Waals surface area contributed by atoms with Crippen LogP contribution in [-0.2, 0) is 12.8 Å². The van der Waals surface area contributed by atoms with E-state index in [2.05, 4.69) is 203 Å². The number of rotatable bonds is 4. The SMILES string of the molecule is c1ccc(-c2cccc3c2Cc2c-3cccc2-n2c3ccccc3c3c4c5ccccc5n(-c5cccc6c5Cc5c(-c7ccccc7)cccc5-6)c4ccc32)cc1. The van der Waals surface area contributed by atoms with Crippen LogP contribution in [0.2, 0.25) is 0 Å². The molecule has 0 unspecified atom stereocenters. The van der Waals surface area contributed by atoms with Crippen molar-refractivity contribution in [2.24, 2.45) is 0 Å². The van der Waals surface area contributed by atoms with Gasteiger partial charge in [-0.05, 0) is 103 Å². The first-order valence-corrected chi connectivity index (χ1v) is 20.4. The zero-order valence-corrected chi connectivity index (χ0v) is 31.8. The van der Waals surface area contributed by atoms with Gasteiger partial charge < -0.3 is 9.13 Å². The average Bonchev–Trinajstić information content (AvgIpc) is 4.05. The molecule has 0 fully saturated rings. The highest BCUT2D eigenvalue weighted by molar-refractivity contribution is 6.29. The summed E-state index contributed by atoms with van der Waals surface area (Å²) >= 11 is 0. The Morgan fingerprint density at radius 2 is 0.621 bits per heavy atom. The Kier molecular flexibility index (Phi) is 6.59. The van der Waals surface area contributed by atoms with E-state index in [0.717, 1.165) is 12.8 Å². The van der Waals surface area contributed by atoms with E-state index in [1.807, 2.05) is 0 Å². The molecule has 0 radical (unpaired) electrons. The lowest BCUT2D eigenvalue weighted by molar-refractivity contribution is 1.12. The summed E-state index contributed by atoms with van der Waals surface area (Å²) in [5, 5.41) is 5.18. The van der Waals surface area contributed by atoms with Crippen LogP contribution in [0.4, 0.5) is 0 Å². The van der Waals surface area contributed by atoms with E-state index < -0.39 is 0 Å². The molecule has 0 bridgehead atoms. The Morgan fingerprint density at radius 1 is 0.259 bits per heavy atom. The van der Waals surface area contributed by atoms with Crippen molar-refractivity contribution in [3.63, 3.8) is 0 Å². The zero-order valence-electron chi connectivity index (χ0n) is 31.8. The number of nitrogens with zero attached hydrogens (tertiary/aromatic N) is 2. The van der Waals surface area contributed by atoms with Gasteiger partial charge in [-0.3, -0.25) is 0 Å². The number of hydrogen-bond acceptors (Lipinski definition) is 0. The molecule has 2 heteroatoms. The molecule has 58 heavy (non-hydrogen) atoms. The van der Waals surface area contributed by atoms with Crippen molar-refractivity contribution in [1.29, 1.82) is 0 Å². The molecule has 13 rings (SSSR count). The summed E-state index contributed by atoms with van der Waals surface area (Å²) in [6, 6.07) is 72.0. The summed E-state index contributed by atoms with van der Waals surface area (Å²) in [6.45, 7) is 0. The lowest BCUT2D eigenvalue weighted by atomic mass is 9.96. The molecule has 2 heterocycles. The van der Waals surface area contributed by atoms with Crippen LogP contribution < -0.4 is 0 Å². The van der Waals surface area contributed by atoms with Gasteiger partial charge in [0.1, 0.15) is 0 Å². The van der Waals surface area contributed by atoms with E-state index in [4.69, 9.17) is 0 Å². The van der Waals surface area contributed by atoms with Crippen LogP contribution in [0.5, 0.6) is 0 Å². The number of hydrogen-bond donors (Lipinski definition) is 0. The van der Waals surface area contributed by atoms with Crippen LogP contribution in [0, 0.1) is 0 Å². The molecule has 0 spiro atoms. The molecule has 0 saturated heterocycles. The van der Waals surface area contributed by atoms with Gasteiger partial charge in [-0.1, -0.05) is 158 Å². The minimum absolute atomic E-state index is 0.898. The van der Waals surface area contributed by atoms with Crippen LogP contribution in [0.25, 0.3) is 99.5 Å². The largest absolute Gasteiger partial charge is 0.309 e. The third-order valence-corrected chi connectivity index (χ3v) is 13.1. The van der Waals surface area contributed by atoms with E-state index in [9.17, 15) is 0 Å². The molecule has 0 amide bonds. The van der Waals surface area contributed by atoms with Crippen LogP contribution >= 0.6 is 0 Å². The average molecular weight is 737 g/mol. The summed E-state index contributed by atoms with van der Waals surface area (Å²) < 4.78 is 5.09. The first-order valence-electron chi connectivity index (χ1n) is 20.4. The molecule has 0 N–H and O–H groups in total. The number of benzene rings is 9. The van der Waals surface area contributed by atoms with Crippen molar-refractivity contribution < 1.29 is 0 Å². The highest BCUT2D eigenvalue weighted by Gasteiger charge is 2.29. The molecular formula is C56H36N2. The van der Waals surface area contributed by atoms with Gasteiger partial charge in [0.25, 0.3) is 0 Å². The van der Waals surface area contributed by atoms with Crippen molar-refractivity contribution in [2.75, 3.05) is 0 Å². The molecule has 2 aliphatic carbocycles.